The minimum Gasteiger partial charge on any atom is -0.496 e. The molecule has 2 aromatic carbocycles. The second-order valence-electron chi connectivity index (χ2n) is 7.34. The smallest absolute Gasteiger partial charge is 0.354 e. The molecule has 0 heterocycles. The van der Waals surface area contributed by atoms with Crippen LogP contribution in [0.1, 0.15) is 55.9 Å². The molecule has 0 aliphatic carbocycles. The van der Waals surface area contributed by atoms with Crippen LogP contribution in [0.5, 0.6) is 17.2 Å². The highest BCUT2D eigenvalue weighted by Gasteiger charge is 2.19. The predicted octanol–water partition coefficient (Wildman–Crippen LogP) is 7.46. The van der Waals surface area contributed by atoms with E-state index in [-0.39, 0.29) is 0 Å². The number of methoxy groups -OCH3 is 1. The van der Waals surface area contributed by atoms with E-state index >= 15 is 0 Å². The van der Waals surface area contributed by atoms with Crippen molar-refractivity contribution in [1.82, 2.24) is 0 Å². The molecule has 0 spiro atoms. The van der Waals surface area contributed by atoms with Gasteiger partial charge in [-0.1, -0.05) is 13.8 Å². The lowest BCUT2D eigenvalue weighted by atomic mass is 10.0. The quantitative estimate of drug-likeness (QED) is 0.365. The maximum atomic E-state index is 12.6. The summed E-state index contributed by atoms with van der Waals surface area (Å²) >= 11 is 0. The van der Waals surface area contributed by atoms with E-state index in [1.807, 2.05) is 44.2 Å². The molecule has 30 heavy (non-hydrogen) atoms. The monoisotopic (exact) mass is 432 g/mol. The molecule has 6 heteroatoms. The van der Waals surface area contributed by atoms with Gasteiger partial charge in [-0.3, -0.25) is 4.57 Å². The molecule has 0 aromatic heterocycles. The van der Waals surface area contributed by atoms with Crippen molar-refractivity contribution in [3.05, 3.63) is 58.4 Å². The second kappa shape index (κ2) is 10.8. The van der Waals surface area contributed by atoms with Gasteiger partial charge in [0.25, 0.3) is 0 Å². The Kier molecular flexibility index (Phi) is 8.72. The van der Waals surface area contributed by atoms with E-state index in [2.05, 4.69) is 13.8 Å². The van der Waals surface area contributed by atoms with Crippen molar-refractivity contribution in [3.63, 3.8) is 0 Å². The third kappa shape index (κ3) is 6.21. The molecule has 0 fully saturated rings. The van der Waals surface area contributed by atoms with Crippen molar-refractivity contribution in [3.8, 4) is 17.2 Å². The average molecular weight is 432 g/mol. The summed E-state index contributed by atoms with van der Waals surface area (Å²) < 4.78 is 35.0. The number of hydrogen-bond donors (Lipinski definition) is 0. The Hall–Kier alpha value is -2.07. The summed E-state index contributed by atoms with van der Waals surface area (Å²) in [5, 5.41) is 0. The molecule has 5 nitrogen and oxygen atoms in total. The molecule has 0 N–H and O–H groups in total. The minimum atomic E-state index is -3.23. The second-order valence-corrected chi connectivity index (χ2v) is 9.23. The molecule has 164 valence electrons. The zero-order valence-corrected chi connectivity index (χ0v) is 19.9. The largest absolute Gasteiger partial charge is 0.496 e. The van der Waals surface area contributed by atoms with Crippen LogP contribution >= 0.6 is 7.60 Å². The number of ether oxygens (including phenoxy) is 2. The molecule has 0 saturated heterocycles. The molecule has 2 aromatic rings. The SMILES string of the molecule is CCOP(=O)(C=Cc1cc(C)c(Oc2ccc(OC)c(C(C)C)c2)c(C)c1)OCC. The highest BCUT2D eigenvalue weighted by molar-refractivity contribution is 7.57. The predicted molar refractivity (Wildman–Crippen MR) is 123 cm³/mol. The van der Waals surface area contributed by atoms with Gasteiger partial charge < -0.3 is 18.5 Å². The van der Waals surface area contributed by atoms with Gasteiger partial charge in [-0.2, -0.15) is 0 Å². The molecule has 0 aliphatic rings. The molecule has 0 atom stereocenters. The summed E-state index contributed by atoms with van der Waals surface area (Å²) in [6.45, 7) is 12.5. The Bertz CT molecular complexity index is 900. The van der Waals surface area contributed by atoms with Crippen LogP contribution in [0.4, 0.5) is 0 Å². The zero-order chi connectivity index (χ0) is 22.3. The van der Waals surface area contributed by atoms with Crippen LogP contribution in [0.15, 0.2) is 36.1 Å². The first kappa shape index (κ1) is 24.2. The van der Waals surface area contributed by atoms with Crippen LogP contribution in [-0.4, -0.2) is 20.3 Å². The van der Waals surface area contributed by atoms with E-state index in [4.69, 9.17) is 18.5 Å². The van der Waals surface area contributed by atoms with Gasteiger partial charge in [0.1, 0.15) is 17.2 Å². The third-order valence-electron chi connectivity index (χ3n) is 4.59. The Labute approximate surface area is 180 Å². The van der Waals surface area contributed by atoms with Crippen molar-refractivity contribution < 1.29 is 23.1 Å². The Morgan fingerprint density at radius 3 is 2.10 bits per heavy atom. The van der Waals surface area contributed by atoms with E-state index in [1.165, 1.54) is 5.82 Å². The van der Waals surface area contributed by atoms with E-state index < -0.39 is 7.60 Å². The first-order valence-corrected chi connectivity index (χ1v) is 11.9. The fourth-order valence-electron chi connectivity index (χ4n) is 3.25. The maximum Gasteiger partial charge on any atom is 0.354 e. The van der Waals surface area contributed by atoms with Gasteiger partial charge in [0.2, 0.25) is 0 Å². The van der Waals surface area contributed by atoms with Crippen molar-refractivity contribution in [1.29, 1.82) is 0 Å². The third-order valence-corrected chi connectivity index (χ3v) is 6.34. The molecule has 0 aliphatic heterocycles. The van der Waals surface area contributed by atoms with Gasteiger partial charge in [-0.25, -0.2) is 0 Å². The molecule has 0 radical (unpaired) electrons. The van der Waals surface area contributed by atoms with Crippen LogP contribution in [0, 0.1) is 13.8 Å². The number of aryl methyl sites for hydroxylation is 2. The standard InChI is InChI=1S/C24H33O5P/c1-8-27-30(25,28-9-2)13-12-20-14-18(5)24(19(6)15-20)29-21-10-11-23(26-7)22(16-21)17(3)4/h10-17H,8-9H2,1-7H3. The number of benzene rings is 2. The molecule has 0 amide bonds. The maximum absolute atomic E-state index is 12.6. The van der Waals surface area contributed by atoms with Crippen LogP contribution in [0.2, 0.25) is 0 Å². The first-order valence-electron chi connectivity index (χ1n) is 10.3. The van der Waals surface area contributed by atoms with Gasteiger partial charge in [0.15, 0.2) is 0 Å². The van der Waals surface area contributed by atoms with Crippen molar-refractivity contribution in [2.75, 3.05) is 20.3 Å². The van der Waals surface area contributed by atoms with Crippen LogP contribution in [0.25, 0.3) is 6.08 Å². The Morgan fingerprint density at radius 1 is 1.00 bits per heavy atom. The summed E-state index contributed by atoms with van der Waals surface area (Å²) in [4.78, 5) is 0. The lowest BCUT2D eigenvalue weighted by Gasteiger charge is -2.17. The molecule has 0 unspecified atom stereocenters. The number of rotatable bonds is 10. The average Bonchev–Trinajstić information content (AvgIpc) is 2.69. The van der Waals surface area contributed by atoms with Crippen molar-refractivity contribution in [2.24, 2.45) is 0 Å². The van der Waals surface area contributed by atoms with Crippen molar-refractivity contribution in [2.45, 2.75) is 47.5 Å². The summed E-state index contributed by atoms with van der Waals surface area (Å²) in [7, 11) is -1.55. The van der Waals surface area contributed by atoms with Crippen LogP contribution in [0.3, 0.4) is 0 Å². The van der Waals surface area contributed by atoms with Gasteiger partial charge in [0.05, 0.1) is 20.3 Å². The molecule has 0 saturated carbocycles. The summed E-state index contributed by atoms with van der Waals surface area (Å²) in [6, 6.07) is 9.86. The Balaban J connectivity index is 2.30. The topological polar surface area (TPSA) is 54.0 Å². The minimum absolute atomic E-state index is 0.324. The Morgan fingerprint density at radius 2 is 1.60 bits per heavy atom. The van der Waals surface area contributed by atoms with E-state index in [1.54, 1.807) is 27.0 Å². The van der Waals surface area contributed by atoms with E-state index in [0.29, 0.717) is 19.1 Å². The van der Waals surface area contributed by atoms with E-state index in [9.17, 15) is 4.57 Å². The lowest BCUT2D eigenvalue weighted by molar-refractivity contribution is 0.229. The van der Waals surface area contributed by atoms with Gasteiger partial charge in [-0.05, 0) is 86.7 Å². The summed E-state index contributed by atoms with van der Waals surface area (Å²) in [5.41, 5.74) is 3.99. The highest BCUT2D eigenvalue weighted by atomic mass is 31.2. The lowest BCUT2D eigenvalue weighted by Crippen LogP contribution is -1.97. The number of hydrogen-bond acceptors (Lipinski definition) is 5. The molecule has 0 bridgehead atoms. The molecular weight excluding hydrogens is 399 g/mol. The fraction of sp³-hybridized carbons (Fsp3) is 0.417. The van der Waals surface area contributed by atoms with Crippen molar-refractivity contribution >= 4 is 13.7 Å². The van der Waals surface area contributed by atoms with Gasteiger partial charge in [0, 0.05) is 11.4 Å². The fourth-order valence-corrected chi connectivity index (χ4v) is 4.57. The van der Waals surface area contributed by atoms with Gasteiger partial charge in [-0.15, -0.1) is 0 Å². The van der Waals surface area contributed by atoms with E-state index in [0.717, 1.165) is 39.5 Å². The summed E-state index contributed by atoms with van der Waals surface area (Å²) in [6.07, 6.45) is 1.78. The zero-order valence-electron chi connectivity index (χ0n) is 19.0. The van der Waals surface area contributed by atoms with Gasteiger partial charge >= 0.3 is 7.60 Å². The molecule has 2 rings (SSSR count). The highest BCUT2D eigenvalue weighted by Crippen LogP contribution is 2.50. The normalized spacial score (nSPS) is 12.0. The van der Waals surface area contributed by atoms with Crippen LogP contribution in [-0.2, 0) is 13.6 Å². The summed E-state index contributed by atoms with van der Waals surface area (Å²) in [5.74, 6) is 4.28. The first-order chi connectivity index (χ1) is 14.2. The van der Waals surface area contributed by atoms with Crippen LogP contribution < -0.4 is 9.47 Å². The molecular formula is C24H33O5P.